The molecule has 2 fully saturated rings. The zero-order valence-corrected chi connectivity index (χ0v) is 9.34. The van der Waals surface area contributed by atoms with E-state index in [9.17, 15) is 0 Å². The first-order valence-corrected chi connectivity index (χ1v) is 5.94. The summed E-state index contributed by atoms with van der Waals surface area (Å²) >= 11 is 0. The van der Waals surface area contributed by atoms with E-state index < -0.39 is 0 Å². The van der Waals surface area contributed by atoms with Gasteiger partial charge < -0.3 is 0 Å². The van der Waals surface area contributed by atoms with E-state index in [0.29, 0.717) is 5.95 Å². The van der Waals surface area contributed by atoms with Gasteiger partial charge in [-0.2, -0.15) is 0 Å². The first-order chi connectivity index (χ1) is 7.92. The van der Waals surface area contributed by atoms with E-state index in [2.05, 4.69) is 25.3 Å². The molecule has 86 valence electrons. The van der Waals surface area contributed by atoms with Crippen LogP contribution in [-0.4, -0.2) is 52.1 Å². The van der Waals surface area contributed by atoms with E-state index in [1.54, 1.807) is 12.4 Å². The maximum absolute atomic E-state index is 4.16. The maximum Gasteiger partial charge on any atom is 0.237 e. The van der Waals surface area contributed by atoms with Crippen LogP contribution in [-0.2, 0) is 0 Å². The molecule has 5 heteroatoms. The van der Waals surface area contributed by atoms with Crippen molar-refractivity contribution in [2.24, 2.45) is 0 Å². The molecule has 1 aromatic heterocycles. The number of anilines is 1. The summed E-state index contributed by atoms with van der Waals surface area (Å²) in [4.78, 5) is 10.9. The van der Waals surface area contributed by atoms with Crippen LogP contribution in [0, 0.1) is 0 Å². The van der Waals surface area contributed by atoms with Crippen LogP contribution >= 0.6 is 0 Å². The van der Waals surface area contributed by atoms with Gasteiger partial charge in [0.15, 0.2) is 0 Å². The van der Waals surface area contributed by atoms with E-state index in [1.165, 1.54) is 12.8 Å². The molecule has 1 aliphatic carbocycles. The summed E-state index contributed by atoms with van der Waals surface area (Å²) < 4.78 is 0. The first-order valence-electron chi connectivity index (χ1n) is 5.94. The van der Waals surface area contributed by atoms with E-state index in [-0.39, 0.29) is 0 Å². The average molecular weight is 219 g/mol. The molecule has 1 N–H and O–H groups in total. The topological polar surface area (TPSA) is 44.3 Å². The minimum absolute atomic E-state index is 0.697. The molecule has 3 rings (SSSR count). The van der Waals surface area contributed by atoms with Gasteiger partial charge in [-0.3, -0.25) is 10.3 Å². The van der Waals surface area contributed by atoms with Crippen molar-refractivity contribution in [3.8, 4) is 0 Å². The third-order valence-corrected chi connectivity index (χ3v) is 3.20. The molecular formula is C11H17N5. The van der Waals surface area contributed by atoms with Crippen LogP contribution in [0.2, 0.25) is 0 Å². The second-order valence-corrected chi connectivity index (χ2v) is 4.44. The van der Waals surface area contributed by atoms with E-state index in [0.717, 1.165) is 32.2 Å². The highest BCUT2D eigenvalue weighted by atomic mass is 15.6. The highest BCUT2D eigenvalue weighted by Gasteiger charge is 2.31. The molecule has 2 heterocycles. The minimum atomic E-state index is 0.697. The Morgan fingerprint density at radius 2 is 1.75 bits per heavy atom. The van der Waals surface area contributed by atoms with Gasteiger partial charge in [0.2, 0.25) is 5.95 Å². The van der Waals surface area contributed by atoms with Crippen molar-refractivity contribution in [3.63, 3.8) is 0 Å². The Kier molecular flexibility index (Phi) is 2.71. The highest BCUT2D eigenvalue weighted by molar-refractivity contribution is 5.20. The fourth-order valence-corrected chi connectivity index (χ4v) is 2.14. The van der Waals surface area contributed by atoms with Gasteiger partial charge in [-0.1, -0.05) is 0 Å². The third kappa shape index (κ3) is 2.31. The molecule has 0 aromatic carbocycles. The Morgan fingerprint density at radius 3 is 2.38 bits per heavy atom. The summed E-state index contributed by atoms with van der Waals surface area (Å²) in [6.45, 7) is 4.42. The van der Waals surface area contributed by atoms with Crippen molar-refractivity contribution >= 4 is 5.95 Å². The number of nitrogens with one attached hydrogen (secondary N) is 1. The molecule has 0 bridgehead atoms. The van der Waals surface area contributed by atoms with Crippen LogP contribution in [0.3, 0.4) is 0 Å². The highest BCUT2D eigenvalue weighted by Crippen LogP contribution is 2.27. The lowest BCUT2D eigenvalue weighted by atomic mass is 10.3. The molecule has 0 atom stereocenters. The summed E-state index contributed by atoms with van der Waals surface area (Å²) in [6.07, 6.45) is 6.32. The van der Waals surface area contributed by atoms with E-state index in [1.807, 2.05) is 6.07 Å². The van der Waals surface area contributed by atoms with Crippen LogP contribution in [0.1, 0.15) is 12.8 Å². The van der Waals surface area contributed by atoms with E-state index >= 15 is 0 Å². The monoisotopic (exact) mass is 219 g/mol. The number of rotatable bonds is 3. The molecule has 1 saturated heterocycles. The zero-order chi connectivity index (χ0) is 10.8. The number of aromatic nitrogens is 2. The van der Waals surface area contributed by atoms with Crippen LogP contribution in [0.4, 0.5) is 5.95 Å². The smallest absolute Gasteiger partial charge is 0.237 e. The Balaban J connectivity index is 1.50. The molecule has 1 saturated carbocycles. The van der Waals surface area contributed by atoms with Gasteiger partial charge in [0.25, 0.3) is 0 Å². The fraction of sp³-hybridized carbons (Fsp3) is 0.636. The van der Waals surface area contributed by atoms with Gasteiger partial charge in [0.05, 0.1) is 0 Å². The molecule has 1 aromatic rings. The second-order valence-electron chi connectivity index (χ2n) is 4.44. The Hall–Kier alpha value is -1.20. The summed E-state index contributed by atoms with van der Waals surface area (Å²) in [5.41, 5.74) is 3.25. The van der Waals surface area contributed by atoms with Crippen LogP contribution in [0.5, 0.6) is 0 Å². The second kappa shape index (κ2) is 4.35. The predicted octanol–water partition coefficient (Wildman–Crippen LogP) is 0.583. The minimum Gasteiger partial charge on any atom is -0.298 e. The largest absolute Gasteiger partial charge is 0.298 e. The SMILES string of the molecule is c1cnc(NN2CCN(C3CC3)CC2)nc1. The van der Waals surface area contributed by atoms with Crippen LogP contribution in [0.15, 0.2) is 18.5 Å². The van der Waals surface area contributed by atoms with Gasteiger partial charge in [-0.25, -0.2) is 15.0 Å². The number of nitrogens with zero attached hydrogens (tertiary/aromatic N) is 4. The van der Waals surface area contributed by atoms with Crippen LogP contribution in [0.25, 0.3) is 0 Å². The Bertz CT molecular complexity index is 329. The van der Waals surface area contributed by atoms with Gasteiger partial charge in [-0.15, -0.1) is 0 Å². The lowest BCUT2D eigenvalue weighted by Gasteiger charge is -2.34. The summed E-state index contributed by atoms with van der Waals surface area (Å²) in [5.74, 6) is 0.697. The van der Waals surface area contributed by atoms with Crippen molar-refractivity contribution in [2.45, 2.75) is 18.9 Å². The Labute approximate surface area is 95.5 Å². The lowest BCUT2D eigenvalue weighted by Crippen LogP contribution is -2.49. The van der Waals surface area contributed by atoms with Gasteiger partial charge in [0.1, 0.15) is 0 Å². The molecule has 1 aliphatic heterocycles. The summed E-state index contributed by atoms with van der Waals surface area (Å²) in [5, 5.41) is 2.20. The molecule has 0 amide bonds. The van der Waals surface area contributed by atoms with Gasteiger partial charge in [-0.05, 0) is 18.9 Å². The summed E-state index contributed by atoms with van der Waals surface area (Å²) in [7, 11) is 0. The van der Waals surface area contributed by atoms with Crippen molar-refractivity contribution < 1.29 is 0 Å². The predicted molar refractivity (Wildman–Crippen MR) is 61.8 cm³/mol. The van der Waals surface area contributed by atoms with Crippen molar-refractivity contribution in [2.75, 3.05) is 31.6 Å². The van der Waals surface area contributed by atoms with Gasteiger partial charge >= 0.3 is 0 Å². The number of hydrazine groups is 1. The van der Waals surface area contributed by atoms with Crippen molar-refractivity contribution in [3.05, 3.63) is 18.5 Å². The molecule has 16 heavy (non-hydrogen) atoms. The first kappa shape index (κ1) is 9.99. The van der Waals surface area contributed by atoms with Crippen LogP contribution < -0.4 is 5.43 Å². The third-order valence-electron chi connectivity index (χ3n) is 3.20. The van der Waals surface area contributed by atoms with Crippen molar-refractivity contribution in [1.29, 1.82) is 0 Å². The molecular weight excluding hydrogens is 202 g/mol. The normalized spacial score (nSPS) is 23.2. The number of hydrogen-bond donors (Lipinski definition) is 1. The standard InChI is InChI=1S/C11H17N5/c1-4-12-11(13-5-1)14-16-8-6-15(7-9-16)10-2-3-10/h1,4-5,10H,2-3,6-9H2,(H,12,13,14). The lowest BCUT2D eigenvalue weighted by molar-refractivity contribution is 0.145. The van der Waals surface area contributed by atoms with Crippen molar-refractivity contribution in [1.82, 2.24) is 19.9 Å². The number of piperazine rings is 1. The zero-order valence-electron chi connectivity index (χ0n) is 9.34. The average Bonchev–Trinajstić information content (AvgIpc) is 3.15. The molecule has 0 radical (unpaired) electrons. The molecule has 2 aliphatic rings. The maximum atomic E-state index is 4.16. The molecule has 5 nitrogen and oxygen atoms in total. The quantitative estimate of drug-likeness (QED) is 0.806. The molecule has 0 unspecified atom stereocenters. The Morgan fingerprint density at radius 1 is 1.06 bits per heavy atom. The molecule has 0 spiro atoms. The fourth-order valence-electron chi connectivity index (χ4n) is 2.14. The summed E-state index contributed by atoms with van der Waals surface area (Å²) in [6, 6.07) is 2.71. The van der Waals surface area contributed by atoms with Gasteiger partial charge in [0, 0.05) is 44.6 Å². The number of hydrogen-bond acceptors (Lipinski definition) is 5. The van der Waals surface area contributed by atoms with E-state index in [4.69, 9.17) is 0 Å².